The first kappa shape index (κ1) is 18.9. The summed E-state index contributed by atoms with van der Waals surface area (Å²) in [5.41, 5.74) is 1.68. The van der Waals surface area contributed by atoms with E-state index >= 15 is 0 Å². The highest BCUT2D eigenvalue weighted by Gasteiger charge is 2.01. The Labute approximate surface area is 152 Å². The van der Waals surface area contributed by atoms with Crippen LogP contribution in [0.15, 0.2) is 54.6 Å². The fourth-order valence-electron chi connectivity index (χ4n) is 1.87. The first-order chi connectivity index (χ1) is 12.7. The predicted molar refractivity (Wildman–Crippen MR) is 95.5 cm³/mol. The van der Waals surface area contributed by atoms with E-state index < -0.39 is 12.1 Å². The number of methoxy groups -OCH3 is 1. The molecule has 2 rings (SSSR count). The van der Waals surface area contributed by atoms with Crippen molar-refractivity contribution in [3.8, 4) is 17.6 Å². The van der Waals surface area contributed by atoms with Crippen molar-refractivity contribution in [1.29, 1.82) is 0 Å². The van der Waals surface area contributed by atoms with E-state index in [4.69, 9.17) is 9.47 Å². The lowest BCUT2D eigenvalue weighted by Gasteiger charge is -2.04. The van der Waals surface area contributed by atoms with Crippen LogP contribution in [-0.2, 0) is 20.9 Å². The molecule has 0 radical (unpaired) electrons. The molecule has 0 unspecified atom stereocenters. The second-order valence-corrected chi connectivity index (χ2v) is 5.11. The van der Waals surface area contributed by atoms with Gasteiger partial charge in [0, 0.05) is 5.56 Å². The number of carbonyl (C=O) groups is 2. The molecule has 0 aromatic heterocycles. The molecule has 0 fully saturated rings. The normalized spacial score (nSPS) is 9.42. The van der Waals surface area contributed by atoms with Crippen molar-refractivity contribution in [2.45, 2.75) is 6.61 Å². The molecule has 0 atom stereocenters. The molecule has 0 spiro atoms. The minimum atomic E-state index is -0.519. The van der Waals surface area contributed by atoms with Crippen molar-refractivity contribution in [1.82, 2.24) is 5.32 Å². The van der Waals surface area contributed by atoms with E-state index in [1.165, 1.54) is 7.11 Å². The molecule has 0 saturated carbocycles. The molecule has 0 aliphatic carbocycles. The summed E-state index contributed by atoms with van der Waals surface area (Å²) in [5.74, 6) is 5.84. The van der Waals surface area contributed by atoms with Crippen molar-refractivity contribution in [2.24, 2.45) is 0 Å². The first-order valence-electron chi connectivity index (χ1n) is 7.90. The molecule has 2 aromatic rings. The third kappa shape index (κ3) is 6.97. The summed E-state index contributed by atoms with van der Waals surface area (Å²) >= 11 is 0. The highest BCUT2D eigenvalue weighted by molar-refractivity contribution is 5.70. The summed E-state index contributed by atoms with van der Waals surface area (Å²) in [4.78, 5) is 22.6. The van der Waals surface area contributed by atoms with Crippen molar-refractivity contribution in [2.75, 3.05) is 20.3 Å². The number of hydrogen-bond donors (Lipinski definition) is 1. The topological polar surface area (TPSA) is 73.9 Å². The zero-order valence-corrected chi connectivity index (χ0v) is 14.4. The number of esters is 1. The Bertz CT molecular complexity index is 775. The van der Waals surface area contributed by atoms with E-state index in [9.17, 15) is 9.59 Å². The lowest BCUT2D eigenvalue weighted by atomic mass is 10.2. The number of ether oxygens (including phenoxy) is 3. The van der Waals surface area contributed by atoms with Crippen molar-refractivity contribution in [3.05, 3.63) is 65.7 Å². The van der Waals surface area contributed by atoms with Crippen LogP contribution in [0.5, 0.6) is 5.75 Å². The van der Waals surface area contributed by atoms with E-state index in [2.05, 4.69) is 21.9 Å². The largest absolute Gasteiger partial charge is 0.482 e. The molecular weight excluding hydrogens is 334 g/mol. The average molecular weight is 353 g/mol. The van der Waals surface area contributed by atoms with Crippen LogP contribution in [0.2, 0.25) is 0 Å². The van der Waals surface area contributed by atoms with Crippen LogP contribution in [0, 0.1) is 11.8 Å². The van der Waals surface area contributed by atoms with Gasteiger partial charge >= 0.3 is 12.1 Å². The van der Waals surface area contributed by atoms with Crippen LogP contribution < -0.4 is 10.1 Å². The van der Waals surface area contributed by atoms with Gasteiger partial charge in [0.15, 0.2) is 6.61 Å². The Morgan fingerprint density at radius 1 is 1.04 bits per heavy atom. The van der Waals surface area contributed by atoms with Gasteiger partial charge < -0.3 is 19.5 Å². The van der Waals surface area contributed by atoms with E-state index in [0.717, 1.165) is 11.1 Å². The van der Waals surface area contributed by atoms with Gasteiger partial charge in [0.05, 0.1) is 13.7 Å². The van der Waals surface area contributed by atoms with Crippen LogP contribution in [0.4, 0.5) is 4.79 Å². The van der Waals surface area contributed by atoms with Gasteiger partial charge in [-0.3, -0.25) is 0 Å². The Morgan fingerprint density at radius 3 is 2.46 bits per heavy atom. The molecule has 134 valence electrons. The lowest BCUT2D eigenvalue weighted by Crippen LogP contribution is -2.24. The maximum atomic E-state index is 11.6. The molecule has 1 N–H and O–H groups in total. The second-order valence-electron chi connectivity index (χ2n) is 5.11. The van der Waals surface area contributed by atoms with Gasteiger partial charge in [0.2, 0.25) is 0 Å². The van der Waals surface area contributed by atoms with E-state index in [0.29, 0.717) is 5.75 Å². The summed E-state index contributed by atoms with van der Waals surface area (Å²) in [6.45, 7) is 0.248. The number of carbonyl (C=O) groups excluding carboxylic acids is 2. The lowest BCUT2D eigenvalue weighted by molar-refractivity contribution is -0.142. The number of benzene rings is 2. The smallest absolute Gasteiger partial charge is 0.408 e. The van der Waals surface area contributed by atoms with Crippen LogP contribution >= 0.6 is 0 Å². The predicted octanol–water partition coefficient (Wildman–Crippen LogP) is 2.52. The summed E-state index contributed by atoms with van der Waals surface area (Å²) < 4.78 is 14.8. The standard InChI is InChI=1S/C20H19NO5/c1-24-19(22)15-25-18-11-9-16(10-12-18)8-5-13-21-20(23)26-14-17-6-3-2-4-7-17/h2-4,6-7,9-12H,13-15H2,1H3,(H,21,23). The molecule has 0 bridgehead atoms. The second kappa shape index (κ2) is 10.4. The fourth-order valence-corrected chi connectivity index (χ4v) is 1.87. The van der Waals surface area contributed by atoms with Crippen LogP contribution in [0.25, 0.3) is 0 Å². The molecule has 0 aliphatic heterocycles. The molecule has 2 aromatic carbocycles. The van der Waals surface area contributed by atoms with E-state index in [1.807, 2.05) is 30.3 Å². The molecule has 6 nitrogen and oxygen atoms in total. The van der Waals surface area contributed by atoms with Gasteiger partial charge in [-0.05, 0) is 29.8 Å². The monoisotopic (exact) mass is 353 g/mol. The maximum absolute atomic E-state index is 11.6. The van der Waals surface area contributed by atoms with Gasteiger partial charge in [-0.15, -0.1) is 0 Å². The van der Waals surface area contributed by atoms with Crippen LogP contribution in [0.3, 0.4) is 0 Å². The van der Waals surface area contributed by atoms with Crippen molar-refractivity contribution >= 4 is 12.1 Å². The third-order valence-electron chi connectivity index (χ3n) is 3.21. The van der Waals surface area contributed by atoms with Crippen LogP contribution in [0.1, 0.15) is 11.1 Å². The highest BCUT2D eigenvalue weighted by atomic mass is 16.6. The van der Waals surface area contributed by atoms with E-state index in [-0.39, 0.29) is 19.8 Å². The van der Waals surface area contributed by atoms with Crippen molar-refractivity contribution < 1.29 is 23.8 Å². The molecule has 1 amide bonds. The number of nitrogens with one attached hydrogen (secondary N) is 1. The maximum Gasteiger partial charge on any atom is 0.408 e. The van der Waals surface area contributed by atoms with Gasteiger partial charge in [-0.1, -0.05) is 42.2 Å². The third-order valence-corrected chi connectivity index (χ3v) is 3.21. The molecule has 6 heteroatoms. The first-order valence-corrected chi connectivity index (χ1v) is 7.90. The Kier molecular flexibility index (Phi) is 7.56. The molecule has 0 aliphatic rings. The highest BCUT2D eigenvalue weighted by Crippen LogP contribution is 2.11. The summed E-state index contributed by atoms with van der Waals surface area (Å²) in [5, 5.41) is 2.56. The van der Waals surface area contributed by atoms with Crippen molar-refractivity contribution in [3.63, 3.8) is 0 Å². The molecule has 0 saturated heterocycles. The average Bonchev–Trinajstić information content (AvgIpc) is 2.69. The van der Waals surface area contributed by atoms with Gasteiger partial charge in [-0.2, -0.15) is 0 Å². The molecular formula is C20H19NO5. The number of amides is 1. The summed E-state index contributed by atoms with van der Waals surface area (Å²) in [6.07, 6.45) is -0.519. The number of rotatable bonds is 6. The Balaban J connectivity index is 1.70. The fraction of sp³-hybridized carbons (Fsp3) is 0.200. The zero-order chi connectivity index (χ0) is 18.6. The molecule has 0 heterocycles. The minimum Gasteiger partial charge on any atom is -0.482 e. The summed E-state index contributed by atoms with van der Waals surface area (Å²) in [7, 11) is 1.30. The van der Waals surface area contributed by atoms with Gasteiger partial charge in [-0.25, -0.2) is 9.59 Å². The van der Waals surface area contributed by atoms with Gasteiger partial charge in [0.1, 0.15) is 12.4 Å². The van der Waals surface area contributed by atoms with Crippen LogP contribution in [-0.4, -0.2) is 32.3 Å². The summed E-state index contributed by atoms with van der Waals surface area (Å²) in [6, 6.07) is 16.3. The minimum absolute atomic E-state index is 0.142. The van der Waals surface area contributed by atoms with E-state index in [1.54, 1.807) is 24.3 Å². The van der Waals surface area contributed by atoms with Gasteiger partial charge in [0.25, 0.3) is 0 Å². The zero-order valence-electron chi connectivity index (χ0n) is 14.4. The SMILES string of the molecule is COC(=O)COc1ccc(C#CCNC(=O)OCc2ccccc2)cc1. The number of hydrogen-bond acceptors (Lipinski definition) is 5. The molecule has 26 heavy (non-hydrogen) atoms. The Morgan fingerprint density at radius 2 is 1.77 bits per heavy atom. The quantitative estimate of drug-likeness (QED) is 0.638. The Hall–Kier alpha value is -3.46. The number of alkyl carbamates (subject to hydrolysis) is 1.